The molecule has 1 rings (SSSR count). The normalized spacial score (nSPS) is 10.7. The van der Waals surface area contributed by atoms with Crippen LogP contribution < -0.4 is 5.73 Å². The summed E-state index contributed by atoms with van der Waals surface area (Å²) in [5.74, 6) is 1.19. The molecule has 0 radical (unpaired) electrons. The van der Waals surface area contributed by atoms with E-state index in [0.29, 0.717) is 0 Å². The van der Waals surface area contributed by atoms with Gasteiger partial charge < -0.3 is 5.73 Å². The summed E-state index contributed by atoms with van der Waals surface area (Å²) in [5, 5.41) is 2.12. The van der Waals surface area contributed by atoms with Crippen molar-refractivity contribution in [3.8, 4) is 0 Å². The van der Waals surface area contributed by atoms with Gasteiger partial charge in [0.25, 0.3) is 0 Å². The Kier molecular flexibility index (Phi) is 5.33. The first-order chi connectivity index (χ1) is 6.77. The SMILES string of the molecule is CCCc1nc(CCCSC)c(N)s1. The summed E-state index contributed by atoms with van der Waals surface area (Å²) < 4.78 is 0. The topological polar surface area (TPSA) is 38.9 Å². The molecule has 0 fully saturated rings. The highest BCUT2D eigenvalue weighted by atomic mass is 32.2. The molecule has 0 spiro atoms. The van der Waals surface area contributed by atoms with E-state index in [1.165, 1.54) is 17.2 Å². The number of nitrogen functional groups attached to an aromatic ring is 1. The van der Waals surface area contributed by atoms with Crippen molar-refractivity contribution in [2.45, 2.75) is 32.6 Å². The number of thiazole rings is 1. The molecule has 80 valence electrons. The van der Waals surface area contributed by atoms with Crippen molar-refractivity contribution in [2.24, 2.45) is 0 Å². The molecule has 1 aromatic heterocycles. The molecule has 0 amide bonds. The highest BCUT2D eigenvalue weighted by Crippen LogP contribution is 2.23. The number of aromatic nitrogens is 1. The lowest BCUT2D eigenvalue weighted by molar-refractivity contribution is 0.864. The molecule has 0 aliphatic carbocycles. The van der Waals surface area contributed by atoms with E-state index in [-0.39, 0.29) is 0 Å². The summed E-state index contributed by atoms with van der Waals surface area (Å²) in [4.78, 5) is 4.56. The number of aryl methyl sites for hydroxylation is 2. The van der Waals surface area contributed by atoms with E-state index in [4.69, 9.17) is 5.73 Å². The van der Waals surface area contributed by atoms with E-state index in [2.05, 4.69) is 18.2 Å². The molecule has 1 heterocycles. The maximum Gasteiger partial charge on any atom is 0.109 e. The molecular formula is C10H18N2S2. The van der Waals surface area contributed by atoms with Crippen LogP contribution in [-0.4, -0.2) is 17.0 Å². The van der Waals surface area contributed by atoms with Crippen LogP contribution in [-0.2, 0) is 12.8 Å². The van der Waals surface area contributed by atoms with Gasteiger partial charge in [-0.15, -0.1) is 11.3 Å². The van der Waals surface area contributed by atoms with E-state index >= 15 is 0 Å². The number of thioether (sulfide) groups is 1. The van der Waals surface area contributed by atoms with Gasteiger partial charge in [-0.1, -0.05) is 6.92 Å². The largest absolute Gasteiger partial charge is 0.389 e. The van der Waals surface area contributed by atoms with E-state index < -0.39 is 0 Å². The summed E-state index contributed by atoms with van der Waals surface area (Å²) in [7, 11) is 0. The smallest absolute Gasteiger partial charge is 0.109 e. The van der Waals surface area contributed by atoms with E-state index in [9.17, 15) is 0 Å². The Morgan fingerprint density at radius 2 is 2.21 bits per heavy atom. The van der Waals surface area contributed by atoms with Crippen molar-refractivity contribution in [3.05, 3.63) is 10.7 Å². The van der Waals surface area contributed by atoms with Crippen LogP contribution in [0.4, 0.5) is 5.00 Å². The lowest BCUT2D eigenvalue weighted by atomic mass is 10.2. The summed E-state index contributed by atoms with van der Waals surface area (Å²) in [6.45, 7) is 2.17. The zero-order valence-electron chi connectivity index (χ0n) is 8.88. The van der Waals surface area contributed by atoms with Crippen LogP contribution in [0.3, 0.4) is 0 Å². The molecule has 0 saturated heterocycles. The monoisotopic (exact) mass is 230 g/mol. The average Bonchev–Trinajstić information content (AvgIpc) is 2.48. The predicted octanol–water partition coefficient (Wildman–Crippen LogP) is 2.97. The molecule has 0 aliphatic heterocycles. The number of nitrogens with two attached hydrogens (primary N) is 1. The molecular weight excluding hydrogens is 212 g/mol. The van der Waals surface area contributed by atoms with Crippen molar-refractivity contribution in [2.75, 3.05) is 17.7 Å². The molecule has 2 N–H and O–H groups in total. The van der Waals surface area contributed by atoms with Gasteiger partial charge in [0.15, 0.2) is 0 Å². The standard InChI is InChI=1S/C10H18N2S2/c1-3-5-9-12-8(10(11)14-9)6-4-7-13-2/h3-7,11H2,1-2H3. The van der Waals surface area contributed by atoms with Crippen molar-refractivity contribution in [1.82, 2.24) is 4.98 Å². The molecule has 14 heavy (non-hydrogen) atoms. The maximum absolute atomic E-state index is 5.90. The number of nitrogens with zero attached hydrogens (tertiary/aromatic N) is 1. The molecule has 0 bridgehead atoms. The fourth-order valence-electron chi connectivity index (χ4n) is 1.30. The molecule has 1 aromatic rings. The van der Waals surface area contributed by atoms with Crippen molar-refractivity contribution in [3.63, 3.8) is 0 Å². The third-order valence-corrected chi connectivity index (χ3v) is 3.68. The van der Waals surface area contributed by atoms with Gasteiger partial charge in [-0.3, -0.25) is 0 Å². The third-order valence-electron chi connectivity index (χ3n) is 2.00. The second kappa shape index (κ2) is 6.30. The van der Waals surface area contributed by atoms with Crippen LogP contribution in [0.5, 0.6) is 0 Å². The van der Waals surface area contributed by atoms with Gasteiger partial charge in [-0.2, -0.15) is 11.8 Å². The van der Waals surface area contributed by atoms with Gasteiger partial charge in [0.1, 0.15) is 5.00 Å². The lowest BCUT2D eigenvalue weighted by Gasteiger charge is -1.96. The Labute approximate surface area is 94.3 Å². The first-order valence-corrected chi connectivity index (χ1v) is 7.22. The van der Waals surface area contributed by atoms with Crippen molar-refractivity contribution < 1.29 is 0 Å². The van der Waals surface area contributed by atoms with Crippen LogP contribution in [0.25, 0.3) is 0 Å². The van der Waals surface area contributed by atoms with Gasteiger partial charge in [-0.25, -0.2) is 4.98 Å². The number of hydrogen-bond donors (Lipinski definition) is 1. The highest BCUT2D eigenvalue weighted by Gasteiger charge is 2.06. The van der Waals surface area contributed by atoms with Gasteiger partial charge in [0.05, 0.1) is 10.7 Å². The molecule has 0 aliphatic rings. The minimum absolute atomic E-state index is 0.926. The van der Waals surface area contributed by atoms with Gasteiger partial charge in [-0.05, 0) is 37.7 Å². The summed E-state index contributed by atoms with van der Waals surface area (Å²) in [6.07, 6.45) is 6.56. The molecule has 0 aromatic carbocycles. The number of rotatable bonds is 6. The van der Waals surface area contributed by atoms with Crippen molar-refractivity contribution >= 4 is 28.1 Å². The second-order valence-corrected chi connectivity index (χ2v) is 5.37. The van der Waals surface area contributed by atoms with Crippen molar-refractivity contribution in [1.29, 1.82) is 0 Å². The van der Waals surface area contributed by atoms with Gasteiger partial charge in [0.2, 0.25) is 0 Å². The van der Waals surface area contributed by atoms with E-state index in [1.54, 1.807) is 11.3 Å². The maximum atomic E-state index is 5.90. The Hall–Kier alpha value is -0.220. The quantitative estimate of drug-likeness (QED) is 0.764. The molecule has 0 unspecified atom stereocenters. The molecule has 2 nitrogen and oxygen atoms in total. The van der Waals surface area contributed by atoms with Crippen LogP contribution in [0.15, 0.2) is 0 Å². The number of hydrogen-bond acceptors (Lipinski definition) is 4. The van der Waals surface area contributed by atoms with Crippen LogP contribution >= 0.6 is 23.1 Å². The zero-order chi connectivity index (χ0) is 10.4. The Bertz CT molecular complexity index is 271. The Balaban J connectivity index is 2.49. The Morgan fingerprint density at radius 3 is 2.86 bits per heavy atom. The lowest BCUT2D eigenvalue weighted by Crippen LogP contribution is -1.93. The van der Waals surface area contributed by atoms with Gasteiger partial charge in [0, 0.05) is 0 Å². The first kappa shape index (κ1) is 11.9. The minimum atomic E-state index is 0.926. The first-order valence-electron chi connectivity index (χ1n) is 5.01. The van der Waals surface area contributed by atoms with E-state index in [0.717, 1.165) is 30.0 Å². The highest BCUT2D eigenvalue weighted by molar-refractivity contribution is 7.98. The average molecular weight is 230 g/mol. The Morgan fingerprint density at radius 1 is 1.43 bits per heavy atom. The van der Waals surface area contributed by atoms with Crippen LogP contribution in [0.2, 0.25) is 0 Å². The number of anilines is 1. The van der Waals surface area contributed by atoms with Crippen LogP contribution in [0, 0.1) is 0 Å². The third kappa shape index (κ3) is 3.50. The predicted molar refractivity (Wildman–Crippen MR) is 67.2 cm³/mol. The summed E-state index contributed by atoms with van der Waals surface area (Å²) in [6, 6.07) is 0. The fourth-order valence-corrected chi connectivity index (χ4v) is 2.71. The van der Waals surface area contributed by atoms with E-state index in [1.807, 2.05) is 11.8 Å². The summed E-state index contributed by atoms with van der Waals surface area (Å²) in [5.41, 5.74) is 7.02. The second-order valence-electron chi connectivity index (χ2n) is 3.26. The zero-order valence-corrected chi connectivity index (χ0v) is 10.5. The summed E-state index contributed by atoms with van der Waals surface area (Å²) >= 11 is 3.54. The minimum Gasteiger partial charge on any atom is -0.389 e. The van der Waals surface area contributed by atoms with Gasteiger partial charge >= 0.3 is 0 Å². The molecule has 4 heteroatoms. The molecule has 0 saturated carbocycles. The fraction of sp³-hybridized carbons (Fsp3) is 0.700. The van der Waals surface area contributed by atoms with Crippen LogP contribution in [0.1, 0.15) is 30.5 Å². The molecule has 0 atom stereocenters.